The molecule has 0 fully saturated rings. The van der Waals surface area contributed by atoms with Crippen molar-refractivity contribution in [1.82, 2.24) is 4.98 Å². The van der Waals surface area contributed by atoms with Crippen molar-refractivity contribution in [1.29, 1.82) is 0 Å². The molecule has 0 spiro atoms. The predicted octanol–water partition coefficient (Wildman–Crippen LogP) is 3.47. The van der Waals surface area contributed by atoms with Crippen LogP contribution >= 0.6 is 15.9 Å². The molecular weight excluding hydrogens is 305 g/mol. The highest BCUT2D eigenvalue weighted by Crippen LogP contribution is 2.29. The normalized spacial score (nSPS) is 10.1. The quantitative estimate of drug-likeness (QED) is 0.943. The van der Waals surface area contributed by atoms with E-state index in [-0.39, 0.29) is 11.4 Å². The van der Waals surface area contributed by atoms with Gasteiger partial charge in [0.15, 0.2) is 0 Å². The van der Waals surface area contributed by atoms with Gasteiger partial charge >= 0.3 is 5.97 Å². The van der Waals surface area contributed by atoms with Gasteiger partial charge < -0.3 is 9.84 Å². The van der Waals surface area contributed by atoms with Gasteiger partial charge in [0.05, 0.1) is 16.2 Å². The van der Waals surface area contributed by atoms with Crippen molar-refractivity contribution >= 4 is 21.9 Å². The lowest BCUT2D eigenvalue weighted by Gasteiger charge is -2.07. The van der Waals surface area contributed by atoms with E-state index in [2.05, 4.69) is 20.9 Å². The highest BCUT2D eigenvalue weighted by molar-refractivity contribution is 9.10. The summed E-state index contributed by atoms with van der Waals surface area (Å²) >= 11 is 3.23. The van der Waals surface area contributed by atoms with Gasteiger partial charge in [0, 0.05) is 6.07 Å². The van der Waals surface area contributed by atoms with Crippen LogP contribution in [0.5, 0.6) is 11.6 Å². The zero-order valence-corrected chi connectivity index (χ0v) is 10.5. The third-order valence-corrected chi connectivity index (χ3v) is 2.75. The molecule has 6 heteroatoms. The summed E-state index contributed by atoms with van der Waals surface area (Å²) in [6.45, 7) is 0. The minimum absolute atomic E-state index is 0.0929. The van der Waals surface area contributed by atoms with Gasteiger partial charge in [0.1, 0.15) is 11.6 Å². The second kappa shape index (κ2) is 5.14. The van der Waals surface area contributed by atoms with Crippen LogP contribution in [-0.4, -0.2) is 16.1 Å². The second-order valence-electron chi connectivity index (χ2n) is 3.37. The first-order valence-corrected chi connectivity index (χ1v) is 5.68. The van der Waals surface area contributed by atoms with Gasteiger partial charge in [0.2, 0.25) is 5.88 Å². The summed E-state index contributed by atoms with van der Waals surface area (Å²) in [6.07, 6.45) is 1.02. The second-order valence-corrected chi connectivity index (χ2v) is 4.22. The lowest BCUT2D eigenvalue weighted by Crippen LogP contribution is -1.97. The maximum absolute atomic E-state index is 12.7. The summed E-state index contributed by atoms with van der Waals surface area (Å²) in [7, 11) is 0. The van der Waals surface area contributed by atoms with Crippen molar-refractivity contribution < 1.29 is 19.0 Å². The van der Waals surface area contributed by atoms with Crippen LogP contribution in [0.2, 0.25) is 0 Å². The first-order valence-electron chi connectivity index (χ1n) is 4.88. The largest absolute Gasteiger partial charge is 0.478 e. The van der Waals surface area contributed by atoms with E-state index in [0.717, 1.165) is 6.20 Å². The molecule has 1 aromatic carbocycles. The zero-order chi connectivity index (χ0) is 13.1. The molecule has 1 N–H and O–H groups in total. The molecule has 92 valence electrons. The molecule has 0 aliphatic carbocycles. The Morgan fingerprint density at radius 2 is 2.11 bits per heavy atom. The topological polar surface area (TPSA) is 59.4 Å². The number of carbonyl (C=O) groups is 1. The minimum Gasteiger partial charge on any atom is -0.478 e. The number of aromatic nitrogens is 1. The maximum Gasteiger partial charge on any atom is 0.335 e. The molecule has 0 saturated heterocycles. The van der Waals surface area contributed by atoms with Crippen molar-refractivity contribution in [2.75, 3.05) is 0 Å². The van der Waals surface area contributed by atoms with E-state index in [1.165, 1.54) is 24.3 Å². The van der Waals surface area contributed by atoms with Gasteiger partial charge in [0.25, 0.3) is 0 Å². The fraction of sp³-hybridized carbons (Fsp3) is 0. The Bertz CT molecular complexity index is 586. The van der Waals surface area contributed by atoms with Crippen molar-refractivity contribution in [3.8, 4) is 11.6 Å². The Hall–Kier alpha value is -1.95. The molecule has 18 heavy (non-hydrogen) atoms. The molecule has 0 unspecified atom stereocenters. The number of hydrogen-bond donors (Lipinski definition) is 1. The molecule has 1 aromatic heterocycles. The van der Waals surface area contributed by atoms with Gasteiger partial charge in [-0.1, -0.05) is 0 Å². The first-order chi connectivity index (χ1) is 8.56. The van der Waals surface area contributed by atoms with Crippen molar-refractivity contribution in [3.63, 3.8) is 0 Å². The Morgan fingerprint density at radius 3 is 2.72 bits per heavy atom. The molecule has 0 bridgehead atoms. The number of nitrogens with zero attached hydrogens (tertiary/aromatic N) is 1. The fourth-order valence-electron chi connectivity index (χ4n) is 1.25. The van der Waals surface area contributed by atoms with Crippen LogP contribution in [0.25, 0.3) is 0 Å². The van der Waals surface area contributed by atoms with Crippen molar-refractivity contribution in [3.05, 3.63) is 52.4 Å². The van der Waals surface area contributed by atoms with Crippen LogP contribution in [0.4, 0.5) is 4.39 Å². The lowest BCUT2D eigenvalue weighted by atomic mass is 10.2. The van der Waals surface area contributed by atoms with Crippen LogP contribution < -0.4 is 4.74 Å². The molecule has 0 amide bonds. The predicted molar refractivity (Wildman–Crippen MR) is 65.4 cm³/mol. The summed E-state index contributed by atoms with van der Waals surface area (Å²) in [4.78, 5) is 14.5. The van der Waals surface area contributed by atoms with Crippen LogP contribution in [-0.2, 0) is 0 Å². The number of hydrogen-bond acceptors (Lipinski definition) is 3. The smallest absolute Gasteiger partial charge is 0.335 e. The van der Waals surface area contributed by atoms with E-state index in [4.69, 9.17) is 9.84 Å². The number of carboxylic acids is 1. The van der Waals surface area contributed by atoms with Gasteiger partial charge in [-0.25, -0.2) is 14.2 Å². The highest BCUT2D eigenvalue weighted by atomic mass is 79.9. The Morgan fingerprint density at radius 1 is 1.33 bits per heavy atom. The van der Waals surface area contributed by atoms with E-state index >= 15 is 0 Å². The summed E-state index contributed by atoms with van der Waals surface area (Å²) < 4.78 is 18.6. The van der Waals surface area contributed by atoms with E-state index in [1.54, 1.807) is 6.07 Å². The van der Waals surface area contributed by atoms with Gasteiger partial charge in [-0.15, -0.1) is 0 Å². The number of rotatable bonds is 3. The molecule has 0 atom stereocenters. The number of aromatic carboxylic acids is 1. The van der Waals surface area contributed by atoms with Gasteiger partial charge in [-0.2, -0.15) is 0 Å². The lowest BCUT2D eigenvalue weighted by molar-refractivity contribution is 0.0696. The van der Waals surface area contributed by atoms with Crippen LogP contribution in [0.15, 0.2) is 41.0 Å². The molecule has 0 aliphatic rings. The standard InChI is InChI=1S/C12H7BrFNO3/c13-9-3-1-7(12(16)17)5-10(9)18-11-4-2-8(14)6-15-11/h1-6H,(H,16,17). The third-order valence-electron chi connectivity index (χ3n) is 2.09. The molecule has 2 aromatic rings. The molecule has 0 aliphatic heterocycles. The molecule has 1 heterocycles. The summed E-state index contributed by atoms with van der Waals surface area (Å²) in [5, 5.41) is 8.87. The molecule has 0 saturated carbocycles. The van der Waals surface area contributed by atoms with E-state index < -0.39 is 11.8 Å². The average molecular weight is 312 g/mol. The Labute approximate surface area is 110 Å². The number of halogens is 2. The molecule has 0 radical (unpaired) electrons. The van der Waals surface area contributed by atoms with Gasteiger partial charge in [-0.3, -0.25) is 0 Å². The fourth-order valence-corrected chi connectivity index (χ4v) is 1.58. The SMILES string of the molecule is O=C(O)c1ccc(Br)c(Oc2ccc(F)cn2)c1. The third kappa shape index (κ3) is 2.84. The number of carboxylic acid groups (broad SMARTS) is 1. The van der Waals surface area contributed by atoms with E-state index in [9.17, 15) is 9.18 Å². The summed E-state index contributed by atoms with van der Waals surface area (Å²) in [5.41, 5.74) is 0.0929. The number of ether oxygens (including phenoxy) is 1. The number of pyridine rings is 1. The monoisotopic (exact) mass is 311 g/mol. The van der Waals surface area contributed by atoms with Crippen LogP contribution in [0, 0.1) is 5.82 Å². The van der Waals surface area contributed by atoms with Crippen molar-refractivity contribution in [2.24, 2.45) is 0 Å². The molecular formula is C12H7BrFNO3. The summed E-state index contributed by atoms with van der Waals surface area (Å²) in [5.74, 6) is -1.05. The average Bonchev–Trinajstić information content (AvgIpc) is 2.34. The highest BCUT2D eigenvalue weighted by Gasteiger charge is 2.09. The molecule has 2 rings (SSSR count). The number of benzene rings is 1. The van der Waals surface area contributed by atoms with Crippen LogP contribution in [0.3, 0.4) is 0 Å². The Kier molecular flexibility index (Phi) is 3.57. The van der Waals surface area contributed by atoms with Crippen molar-refractivity contribution in [2.45, 2.75) is 0 Å². The van der Waals surface area contributed by atoms with Gasteiger partial charge in [-0.05, 0) is 40.2 Å². The van der Waals surface area contributed by atoms with Crippen LogP contribution in [0.1, 0.15) is 10.4 Å². The summed E-state index contributed by atoms with van der Waals surface area (Å²) in [6, 6.07) is 6.92. The minimum atomic E-state index is -1.06. The van der Waals surface area contributed by atoms with E-state index in [1.807, 2.05) is 0 Å². The maximum atomic E-state index is 12.7. The molecule has 4 nitrogen and oxygen atoms in total. The van der Waals surface area contributed by atoms with E-state index in [0.29, 0.717) is 10.2 Å². The first kappa shape index (κ1) is 12.5. The Balaban J connectivity index is 2.30. The zero-order valence-electron chi connectivity index (χ0n) is 8.93.